The van der Waals surface area contributed by atoms with Gasteiger partial charge in [-0.2, -0.15) is 0 Å². The lowest BCUT2D eigenvalue weighted by molar-refractivity contribution is -0.132. The minimum atomic E-state index is -0.848. The third kappa shape index (κ3) is 6.66. The number of rotatable bonds is 6. The second kappa shape index (κ2) is 12.4. The first-order valence-corrected chi connectivity index (χ1v) is 16.1. The van der Waals surface area contributed by atoms with Crippen LogP contribution < -0.4 is 9.80 Å². The maximum absolute atomic E-state index is 13.3. The lowest BCUT2D eigenvalue weighted by Gasteiger charge is -2.40. The molecule has 0 aromatic heterocycles. The molecule has 3 aliphatic heterocycles. The summed E-state index contributed by atoms with van der Waals surface area (Å²) in [5.41, 5.74) is 2.77. The zero-order valence-electron chi connectivity index (χ0n) is 26.4. The molecule has 6 rings (SSSR count). The van der Waals surface area contributed by atoms with E-state index in [1.54, 1.807) is 12.1 Å². The summed E-state index contributed by atoms with van der Waals surface area (Å²) >= 11 is 0. The fourth-order valence-electron chi connectivity index (χ4n) is 6.93. The Kier molecular flexibility index (Phi) is 8.52. The number of esters is 1. The highest BCUT2D eigenvalue weighted by molar-refractivity contribution is 6.24. The Hall–Kier alpha value is -4.05. The van der Waals surface area contributed by atoms with Gasteiger partial charge in [-0.1, -0.05) is 0 Å². The van der Waals surface area contributed by atoms with Gasteiger partial charge in [0.25, 0.3) is 11.8 Å². The highest BCUT2D eigenvalue weighted by atomic mass is 16.6. The van der Waals surface area contributed by atoms with Crippen LogP contribution in [-0.4, -0.2) is 96.6 Å². The summed E-state index contributed by atoms with van der Waals surface area (Å²) in [5.74, 6) is -1.04. The Bertz CT molecular complexity index is 1500. The molecule has 2 aromatic carbocycles. The molecule has 3 heterocycles. The molecule has 2 saturated heterocycles. The van der Waals surface area contributed by atoms with Crippen molar-refractivity contribution in [3.8, 4) is 0 Å². The Morgan fingerprint density at radius 3 is 2.04 bits per heavy atom. The Balaban J connectivity index is 0.981. The van der Waals surface area contributed by atoms with Crippen LogP contribution in [0.4, 0.5) is 11.4 Å². The van der Waals surface area contributed by atoms with E-state index in [1.165, 1.54) is 0 Å². The van der Waals surface area contributed by atoms with E-state index in [9.17, 15) is 24.0 Å². The number of ketones is 2. The quantitative estimate of drug-likeness (QED) is 0.271. The summed E-state index contributed by atoms with van der Waals surface area (Å²) < 4.78 is 5.48. The van der Waals surface area contributed by atoms with E-state index in [2.05, 4.69) is 14.7 Å². The molecule has 0 N–H and O–H groups in total. The van der Waals surface area contributed by atoms with Crippen LogP contribution in [0.1, 0.15) is 83.9 Å². The minimum Gasteiger partial charge on any atom is -0.456 e. The van der Waals surface area contributed by atoms with Gasteiger partial charge < -0.3 is 14.5 Å². The van der Waals surface area contributed by atoms with Crippen molar-refractivity contribution in [2.24, 2.45) is 5.92 Å². The van der Waals surface area contributed by atoms with Gasteiger partial charge in [-0.05, 0) is 88.4 Å². The van der Waals surface area contributed by atoms with Gasteiger partial charge in [0.2, 0.25) is 0 Å². The summed E-state index contributed by atoms with van der Waals surface area (Å²) in [5, 5.41) is 0. The Morgan fingerprint density at radius 2 is 1.40 bits per heavy atom. The molecular formula is C35H42N4O6. The van der Waals surface area contributed by atoms with Gasteiger partial charge in [-0.25, -0.2) is 4.79 Å². The summed E-state index contributed by atoms with van der Waals surface area (Å²) in [6.07, 6.45) is 2.44. The first-order chi connectivity index (χ1) is 21.5. The molecule has 0 bridgehead atoms. The van der Waals surface area contributed by atoms with Crippen LogP contribution in [0.15, 0.2) is 42.5 Å². The van der Waals surface area contributed by atoms with Crippen molar-refractivity contribution in [1.29, 1.82) is 0 Å². The smallest absolute Gasteiger partial charge is 0.338 e. The normalized spacial score (nSPS) is 21.8. The van der Waals surface area contributed by atoms with E-state index < -0.39 is 23.5 Å². The fourth-order valence-corrected chi connectivity index (χ4v) is 6.93. The number of carbonyl (C=O) groups is 5. The number of imide groups is 1. The van der Waals surface area contributed by atoms with E-state index in [0.717, 1.165) is 74.9 Å². The largest absolute Gasteiger partial charge is 0.456 e. The van der Waals surface area contributed by atoms with E-state index in [-0.39, 0.29) is 36.8 Å². The molecule has 10 nitrogen and oxygen atoms in total. The van der Waals surface area contributed by atoms with Crippen molar-refractivity contribution in [3.63, 3.8) is 0 Å². The van der Waals surface area contributed by atoms with Crippen LogP contribution >= 0.6 is 0 Å². The predicted molar refractivity (Wildman–Crippen MR) is 170 cm³/mol. The third-order valence-corrected chi connectivity index (χ3v) is 9.39. The van der Waals surface area contributed by atoms with E-state index in [0.29, 0.717) is 22.6 Å². The van der Waals surface area contributed by atoms with Crippen LogP contribution in [0.5, 0.6) is 0 Å². The summed E-state index contributed by atoms with van der Waals surface area (Å²) in [4.78, 5) is 71.0. The molecule has 10 heteroatoms. The van der Waals surface area contributed by atoms with E-state index in [1.807, 2.05) is 51.1 Å². The minimum absolute atomic E-state index is 0.136. The number of benzene rings is 2. The first-order valence-electron chi connectivity index (χ1n) is 16.1. The van der Waals surface area contributed by atoms with Gasteiger partial charge in [0, 0.05) is 63.6 Å². The lowest BCUT2D eigenvalue weighted by Crippen LogP contribution is -2.49. The van der Waals surface area contributed by atoms with Crippen molar-refractivity contribution in [1.82, 2.24) is 9.80 Å². The number of carbonyl (C=O) groups excluding carboxylic acids is 5. The number of ether oxygens (including phenoxy) is 1. The van der Waals surface area contributed by atoms with Gasteiger partial charge in [0.05, 0.1) is 29.2 Å². The fraction of sp³-hybridized carbons (Fsp3) is 0.514. The average Bonchev–Trinajstić information content (AvgIpc) is 3.26. The van der Waals surface area contributed by atoms with Gasteiger partial charge >= 0.3 is 5.97 Å². The zero-order valence-corrected chi connectivity index (χ0v) is 26.4. The van der Waals surface area contributed by atoms with Crippen LogP contribution in [-0.2, 0) is 14.3 Å². The van der Waals surface area contributed by atoms with Crippen molar-refractivity contribution in [3.05, 3.63) is 59.2 Å². The molecular weight excluding hydrogens is 572 g/mol. The van der Waals surface area contributed by atoms with E-state index in [4.69, 9.17) is 4.74 Å². The maximum Gasteiger partial charge on any atom is 0.338 e. The number of piperazine rings is 1. The molecule has 0 radical (unpaired) electrons. The molecule has 1 atom stereocenters. The van der Waals surface area contributed by atoms with Crippen molar-refractivity contribution in [2.75, 3.05) is 55.6 Å². The number of piperidine rings is 1. The van der Waals surface area contributed by atoms with Gasteiger partial charge in [-0.3, -0.25) is 29.0 Å². The third-order valence-electron chi connectivity index (χ3n) is 9.39. The second-order valence-corrected chi connectivity index (χ2v) is 13.7. The maximum atomic E-state index is 13.3. The molecule has 45 heavy (non-hydrogen) atoms. The molecule has 1 unspecified atom stereocenters. The summed E-state index contributed by atoms with van der Waals surface area (Å²) in [6, 6.07) is 12.3. The Labute approximate surface area is 264 Å². The average molecular weight is 615 g/mol. The zero-order chi connectivity index (χ0) is 31.9. The molecule has 0 spiro atoms. The van der Waals surface area contributed by atoms with Gasteiger partial charge in [-0.15, -0.1) is 0 Å². The van der Waals surface area contributed by atoms with E-state index >= 15 is 0 Å². The van der Waals surface area contributed by atoms with Crippen LogP contribution in [0.3, 0.4) is 0 Å². The Morgan fingerprint density at radius 1 is 0.778 bits per heavy atom. The number of hydrogen-bond acceptors (Lipinski definition) is 9. The predicted octanol–water partition coefficient (Wildman–Crippen LogP) is 3.97. The second-order valence-electron chi connectivity index (χ2n) is 13.7. The number of nitrogens with zero attached hydrogens (tertiary/aromatic N) is 4. The monoisotopic (exact) mass is 614 g/mol. The van der Waals surface area contributed by atoms with Gasteiger partial charge in [0.1, 0.15) is 11.4 Å². The highest BCUT2D eigenvalue weighted by Crippen LogP contribution is 2.32. The number of amides is 2. The topological polar surface area (TPSA) is 108 Å². The summed E-state index contributed by atoms with van der Waals surface area (Å²) in [6.45, 7) is 12.1. The molecule has 1 aliphatic carbocycles. The number of Topliss-reactive ketones (excluding diaryl/α,β-unsaturated/α-hetero) is 2. The van der Waals surface area contributed by atoms with Crippen molar-refractivity contribution < 1.29 is 28.7 Å². The van der Waals surface area contributed by atoms with Crippen molar-refractivity contribution >= 4 is 40.7 Å². The molecule has 1 saturated carbocycles. The standard InChI is InChI=1S/C35H42N4O6/c1-35(2,3)45-34(44)24-4-6-25(7-5-24)37-14-12-23(13-15-37)22-36-16-18-38(19-17-36)26-8-10-28-29(20-26)33(43)39(32(28)42)30-11-9-27(40)21-31(30)41/h4-8,10,20,23,30H,9,11-19,21-22H2,1-3H3. The van der Waals surface area contributed by atoms with Crippen LogP contribution in [0.2, 0.25) is 0 Å². The highest BCUT2D eigenvalue weighted by Gasteiger charge is 2.44. The molecule has 238 valence electrons. The number of fused-ring (bicyclic) bond motifs is 1. The molecule has 4 aliphatic rings. The van der Waals surface area contributed by atoms with Crippen LogP contribution in [0, 0.1) is 5.92 Å². The van der Waals surface area contributed by atoms with Gasteiger partial charge in [0.15, 0.2) is 5.78 Å². The molecule has 2 amide bonds. The molecule has 3 fully saturated rings. The lowest BCUT2D eigenvalue weighted by atomic mass is 9.92. The number of hydrogen-bond donors (Lipinski definition) is 0. The number of anilines is 2. The first kappa shape index (κ1) is 31.0. The summed E-state index contributed by atoms with van der Waals surface area (Å²) in [7, 11) is 0. The molecule has 2 aromatic rings. The van der Waals surface area contributed by atoms with Crippen LogP contribution in [0.25, 0.3) is 0 Å². The SMILES string of the molecule is CC(C)(C)OC(=O)c1ccc(N2CCC(CN3CCN(c4ccc5c(c4)C(=O)N(C4CCC(=O)CC4=O)C5=O)CC3)CC2)cc1. The van der Waals surface area contributed by atoms with Crippen molar-refractivity contribution in [2.45, 2.75) is 64.5 Å².